The van der Waals surface area contributed by atoms with Crippen LogP contribution in [-0.4, -0.2) is 28.3 Å². The zero-order chi connectivity index (χ0) is 12.9. The van der Waals surface area contributed by atoms with Crippen LogP contribution in [0.15, 0.2) is 29.4 Å². The normalized spacial score (nSPS) is 34.2. The first kappa shape index (κ1) is 11.7. The summed E-state index contributed by atoms with van der Waals surface area (Å²) in [6.45, 7) is 1.61. The van der Waals surface area contributed by atoms with Gasteiger partial charge in [0.15, 0.2) is 6.10 Å². The Morgan fingerprint density at radius 1 is 1.44 bits per heavy atom. The summed E-state index contributed by atoms with van der Waals surface area (Å²) in [5, 5.41) is 14.7. The largest absolute Gasteiger partial charge is 0.388 e. The molecule has 2 aliphatic rings. The molecule has 94 valence electrons. The average Bonchev–Trinajstić information content (AvgIpc) is 2.82. The van der Waals surface area contributed by atoms with Crippen molar-refractivity contribution < 1.29 is 14.7 Å². The van der Waals surface area contributed by atoms with Gasteiger partial charge < -0.3 is 9.94 Å². The van der Waals surface area contributed by atoms with E-state index in [-0.39, 0.29) is 12.2 Å². The maximum Gasteiger partial charge on any atom is 0.171 e. The summed E-state index contributed by atoms with van der Waals surface area (Å²) in [7, 11) is 0. The molecule has 1 fully saturated rings. The van der Waals surface area contributed by atoms with Gasteiger partial charge in [0, 0.05) is 17.0 Å². The van der Waals surface area contributed by atoms with Gasteiger partial charge in [-0.05, 0) is 19.1 Å². The highest BCUT2D eigenvalue weighted by molar-refractivity contribution is 6.30. The third kappa shape index (κ3) is 1.64. The number of Topliss-reactive ketones (excluding diaryl/α,β-unsaturated/α-hetero) is 1. The molecule has 4 nitrogen and oxygen atoms in total. The molecule has 1 N–H and O–H groups in total. The van der Waals surface area contributed by atoms with Crippen LogP contribution in [0.1, 0.15) is 18.9 Å². The predicted molar refractivity (Wildman–Crippen MR) is 66.6 cm³/mol. The SMILES string of the molecule is C[C@]1(O)CC(=O)[C@@H]2C(c3ccc(Cl)cc3)=NO[C@@H]21. The Kier molecular flexibility index (Phi) is 2.47. The van der Waals surface area contributed by atoms with Crippen LogP contribution in [0.3, 0.4) is 0 Å². The van der Waals surface area contributed by atoms with Crippen LogP contribution in [0, 0.1) is 5.92 Å². The predicted octanol–water partition coefficient (Wildman–Crippen LogP) is 1.78. The van der Waals surface area contributed by atoms with Crippen LogP contribution in [-0.2, 0) is 9.63 Å². The minimum Gasteiger partial charge on any atom is -0.388 e. The summed E-state index contributed by atoms with van der Waals surface area (Å²) >= 11 is 5.83. The zero-order valence-corrected chi connectivity index (χ0v) is 10.5. The molecule has 1 saturated carbocycles. The van der Waals surface area contributed by atoms with Crippen molar-refractivity contribution >= 4 is 23.1 Å². The van der Waals surface area contributed by atoms with E-state index in [0.717, 1.165) is 5.56 Å². The molecular weight excluding hydrogens is 254 g/mol. The fraction of sp³-hybridized carbons (Fsp3) is 0.385. The number of aliphatic hydroxyl groups is 1. The fourth-order valence-electron chi connectivity index (χ4n) is 2.58. The van der Waals surface area contributed by atoms with Crippen LogP contribution < -0.4 is 0 Å². The minimum absolute atomic E-state index is 0.0313. The number of hydrogen-bond acceptors (Lipinski definition) is 4. The summed E-state index contributed by atoms with van der Waals surface area (Å²) in [5.74, 6) is -0.502. The maximum absolute atomic E-state index is 12.0. The molecule has 0 amide bonds. The highest BCUT2D eigenvalue weighted by atomic mass is 35.5. The third-order valence-electron chi connectivity index (χ3n) is 3.49. The second-order valence-corrected chi connectivity index (χ2v) is 5.42. The molecule has 3 atom stereocenters. The fourth-order valence-corrected chi connectivity index (χ4v) is 2.71. The molecule has 0 radical (unpaired) electrons. The van der Waals surface area contributed by atoms with Gasteiger partial charge in [0.05, 0.1) is 0 Å². The van der Waals surface area contributed by atoms with E-state index in [1.807, 2.05) is 0 Å². The summed E-state index contributed by atoms with van der Waals surface area (Å²) in [4.78, 5) is 17.2. The summed E-state index contributed by atoms with van der Waals surface area (Å²) < 4.78 is 0. The van der Waals surface area contributed by atoms with Gasteiger partial charge in [-0.25, -0.2) is 0 Å². The summed E-state index contributed by atoms with van der Waals surface area (Å²) in [5.41, 5.74) is 0.247. The molecule has 0 aromatic heterocycles. The lowest BCUT2D eigenvalue weighted by Gasteiger charge is -2.20. The standard InChI is InChI=1S/C13H12ClNO3/c1-13(17)6-9(16)10-11(15-18-12(10)13)7-2-4-8(14)5-3-7/h2-5,10,12,17H,6H2,1H3/t10-,12+,13+/m1/s1. The Morgan fingerprint density at radius 3 is 2.78 bits per heavy atom. The molecule has 18 heavy (non-hydrogen) atoms. The molecule has 0 bridgehead atoms. The van der Waals surface area contributed by atoms with Crippen molar-refractivity contribution in [1.29, 1.82) is 0 Å². The molecule has 1 aromatic carbocycles. The lowest BCUT2D eigenvalue weighted by molar-refractivity contribution is -0.119. The Hall–Kier alpha value is -1.39. The van der Waals surface area contributed by atoms with E-state index in [1.54, 1.807) is 31.2 Å². The number of fused-ring (bicyclic) bond motifs is 1. The monoisotopic (exact) mass is 265 g/mol. The topological polar surface area (TPSA) is 58.9 Å². The summed E-state index contributed by atoms with van der Waals surface area (Å²) in [6.07, 6.45) is -0.467. The van der Waals surface area contributed by atoms with E-state index < -0.39 is 17.6 Å². The number of carbonyl (C=O) groups excluding carboxylic acids is 1. The Morgan fingerprint density at radius 2 is 2.11 bits per heavy atom. The second-order valence-electron chi connectivity index (χ2n) is 4.99. The molecular formula is C13H12ClNO3. The van der Waals surface area contributed by atoms with E-state index >= 15 is 0 Å². The van der Waals surface area contributed by atoms with Crippen molar-refractivity contribution in [2.24, 2.45) is 11.1 Å². The lowest BCUT2D eigenvalue weighted by atomic mass is 9.91. The highest BCUT2D eigenvalue weighted by Gasteiger charge is 2.56. The molecule has 1 heterocycles. The zero-order valence-electron chi connectivity index (χ0n) is 9.76. The van der Waals surface area contributed by atoms with Crippen LogP contribution in [0.25, 0.3) is 0 Å². The molecule has 0 unspecified atom stereocenters. The van der Waals surface area contributed by atoms with Crippen LogP contribution >= 0.6 is 11.6 Å². The van der Waals surface area contributed by atoms with E-state index in [1.165, 1.54) is 0 Å². The van der Waals surface area contributed by atoms with E-state index in [4.69, 9.17) is 16.4 Å². The molecule has 1 aliphatic carbocycles. The number of oxime groups is 1. The first-order chi connectivity index (χ1) is 8.49. The van der Waals surface area contributed by atoms with Crippen molar-refractivity contribution in [1.82, 2.24) is 0 Å². The van der Waals surface area contributed by atoms with Crippen LogP contribution in [0.5, 0.6) is 0 Å². The van der Waals surface area contributed by atoms with Crippen LogP contribution in [0.4, 0.5) is 0 Å². The van der Waals surface area contributed by atoms with Crippen molar-refractivity contribution in [3.63, 3.8) is 0 Å². The Labute approximate surface area is 109 Å². The van der Waals surface area contributed by atoms with Gasteiger partial charge >= 0.3 is 0 Å². The van der Waals surface area contributed by atoms with Crippen molar-refractivity contribution in [3.05, 3.63) is 34.9 Å². The highest BCUT2D eigenvalue weighted by Crippen LogP contribution is 2.40. The van der Waals surface area contributed by atoms with Crippen molar-refractivity contribution in [2.45, 2.75) is 25.0 Å². The lowest BCUT2D eigenvalue weighted by Crippen LogP contribution is -2.37. The Balaban J connectivity index is 1.97. The number of halogens is 1. The number of benzene rings is 1. The molecule has 1 aliphatic heterocycles. The molecule has 0 saturated heterocycles. The van der Waals surface area contributed by atoms with Crippen molar-refractivity contribution in [3.8, 4) is 0 Å². The number of rotatable bonds is 1. The quantitative estimate of drug-likeness (QED) is 0.842. The van der Waals surface area contributed by atoms with E-state index in [9.17, 15) is 9.90 Å². The molecule has 1 aromatic rings. The van der Waals surface area contributed by atoms with Crippen molar-refractivity contribution in [2.75, 3.05) is 0 Å². The van der Waals surface area contributed by atoms with Gasteiger partial charge in [-0.1, -0.05) is 28.9 Å². The third-order valence-corrected chi connectivity index (χ3v) is 3.75. The Bertz CT molecular complexity index is 536. The van der Waals surface area contributed by atoms with E-state index in [2.05, 4.69) is 5.16 Å². The minimum atomic E-state index is -1.14. The number of carbonyl (C=O) groups is 1. The maximum atomic E-state index is 12.0. The molecule has 0 spiro atoms. The first-order valence-electron chi connectivity index (χ1n) is 5.74. The number of hydrogen-bond donors (Lipinski definition) is 1. The van der Waals surface area contributed by atoms with E-state index in [0.29, 0.717) is 10.7 Å². The molecule has 3 rings (SSSR count). The first-order valence-corrected chi connectivity index (χ1v) is 6.11. The van der Waals surface area contributed by atoms with Gasteiger partial charge in [0.25, 0.3) is 0 Å². The van der Waals surface area contributed by atoms with Crippen LogP contribution in [0.2, 0.25) is 5.02 Å². The smallest absolute Gasteiger partial charge is 0.171 e. The van der Waals surface area contributed by atoms with Gasteiger partial charge in [-0.15, -0.1) is 0 Å². The molecule has 5 heteroatoms. The second kappa shape index (κ2) is 3.80. The summed E-state index contributed by atoms with van der Waals surface area (Å²) in [6, 6.07) is 7.08. The van der Waals surface area contributed by atoms with Gasteiger partial charge in [-0.2, -0.15) is 0 Å². The van der Waals surface area contributed by atoms with Gasteiger partial charge in [0.1, 0.15) is 23.0 Å². The van der Waals surface area contributed by atoms with Gasteiger partial charge in [-0.3, -0.25) is 4.79 Å². The number of ketones is 1. The average molecular weight is 266 g/mol. The number of nitrogens with zero attached hydrogens (tertiary/aromatic N) is 1. The van der Waals surface area contributed by atoms with Gasteiger partial charge in [0.2, 0.25) is 0 Å².